The molecule has 10 heteroatoms. The van der Waals surface area contributed by atoms with Gasteiger partial charge in [0.05, 0.1) is 16.9 Å². The molecule has 26 heavy (non-hydrogen) atoms. The monoisotopic (exact) mass is 363 g/mol. The van der Waals surface area contributed by atoms with Crippen molar-refractivity contribution in [2.24, 2.45) is 5.73 Å². The molecule has 7 nitrogen and oxygen atoms in total. The summed E-state index contributed by atoms with van der Waals surface area (Å²) in [4.78, 5) is 26.2. The maximum Gasteiger partial charge on any atom is 0.416 e. The summed E-state index contributed by atoms with van der Waals surface area (Å²) in [5, 5.41) is 4.78. The molecule has 0 bridgehead atoms. The average Bonchev–Trinajstić information content (AvgIpc) is 2.99. The summed E-state index contributed by atoms with van der Waals surface area (Å²) in [5.41, 5.74) is 4.65. The lowest BCUT2D eigenvalue weighted by molar-refractivity contribution is -0.137. The number of amides is 2. The minimum absolute atomic E-state index is 0.195. The Morgan fingerprint density at radius 3 is 2.54 bits per heavy atom. The Balaban J connectivity index is 2.25. The second-order valence-corrected chi connectivity index (χ2v) is 5.30. The standard InChI is InChI=1S/C16H12F3N5O2/c17-16(18,19)10-4-1-3-9(7-10)11-5-2-6-12(22-14(20)25)13(11)24-8-21-15(26)23-24/h1-8H,(H,23,26)(H3,20,22,25). The molecule has 0 saturated carbocycles. The number of alkyl halides is 3. The summed E-state index contributed by atoms with van der Waals surface area (Å²) in [6, 6.07) is 8.40. The molecule has 0 aliphatic rings. The number of H-pyrrole nitrogens is 1. The molecule has 0 aliphatic carbocycles. The third-order valence-electron chi connectivity index (χ3n) is 3.54. The topological polar surface area (TPSA) is 106 Å². The molecule has 3 rings (SSSR count). The van der Waals surface area contributed by atoms with Crippen molar-refractivity contribution in [3.63, 3.8) is 0 Å². The third-order valence-corrected chi connectivity index (χ3v) is 3.54. The fourth-order valence-corrected chi connectivity index (χ4v) is 2.52. The number of nitrogens with one attached hydrogen (secondary N) is 2. The molecular formula is C16H12F3N5O2. The first-order valence-corrected chi connectivity index (χ1v) is 7.27. The number of primary amides is 1. The number of benzene rings is 2. The summed E-state index contributed by atoms with van der Waals surface area (Å²) in [6.07, 6.45) is -3.36. The lowest BCUT2D eigenvalue weighted by Crippen LogP contribution is -2.21. The number of rotatable bonds is 3. The number of para-hydroxylation sites is 1. The van der Waals surface area contributed by atoms with Crippen molar-refractivity contribution in [1.29, 1.82) is 0 Å². The number of hydrogen-bond acceptors (Lipinski definition) is 3. The molecule has 0 radical (unpaired) electrons. The van der Waals surface area contributed by atoms with Crippen LogP contribution in [0, 0.1) is 0 Å². The first-order chi connectivity index (χ1) is 12.3. The van der Waals surface area contributed by atoms with Crippen LogP contribution in [0.5, 0.6) is 0 Å². The van der Waals surface area contributed by atoms with E-state index in [1.165, 1.54) is 22.9 Å². The van der Waals surface area contributed by atoms with E-state index in [4.69, 9.17) is 5.73 Å². The lowest BCUT2D eigenvalue weighted by Gasteiger charge is -2.16. The molecule has 0 saturated heterocycles. The van der Waals surface area contributed by atoms with Gasteiger partial charge < -0.3 is 11.1 Å². The van der Waals surface area contributed by atoms with Gasteiger partial charge in [0.1, 0.15) is 6.33 Å². The number of urea groups is 1. The number of halogens is 3. The highest BCUT2D eigenvalue weighted by Gasteiger charge is 2.30. The number of aromatic nitrogens is 3. The van der Waals surface area contributed by atoms with Gasteiger partial charge in [-0.3, -0.25) is 0 Å². The van der Waals surface area contributed by atoms with Gasteiger partial charge in [0.15, 0.2) is 0 Å². The fraction of sp³-hybridized carbons (Fsp3) is 0.0625. The van der Waals surface area contributed by atoms with E-state index in [0.29, 0.717) is 5.56 Å². The Labute approximate surface area is 144 Å². The van der Waals surface area contributed by atoms with Crippen LogP contribution in [0.25, 0.3) is 16.8 Å². The molecule has 0 unspecified atom stereocenters. The zero-order valence-electron chi connectivity index (χ0n) is 13.0. The summed E-state index contributed by atoms with van der Waals surface area (Å²) < 4.78 is 40.3. The predicted molar refractivity (Wildman–Crippen MR) is 87.8 cm³/mol. The minimum atomic E-state index is -4.51. The number of carbonyl (C=O) groups excluding carboxylic acids is 1. The first-order valence-electron chi connectivity index (χ1n) is 7.27. The zero-order chi connectivity index (χ0) is 18.9. The van der Waals surface area contributed by atoms with E-state index in [1.807, 2.05) is 0 Å². The first kappa shape index (κ1) is 17.3. The number of aromatic amines is 1. The average molecular weight is 363 g/mol. The Bertz CT molecular complexity index is 1020. The smallest absolute Gasteiger partial charge is 0.351 e. The van der Waals surface area contributed by atoms with E-state index in [0.717, 1.165) is 18.5 Å². The maximum absolute atomic E-state index is 13.0. The van der Waals surface area contributed by atoms with Crippen molar-refractivity contribution in [3.8, 4) is 16.8 Å². The highest BCUT2D eigenvalue weighted by molar-refractivity contribution is 5.93. The highest BCUT2D eigenvalue weighted by atomic mass is 19.4. The van der Waals surface area contributed by atoms with Gasteiger partial charge in [-0.15, -0.1) is 0 Å². The summed E-state index contributed by atoms with van der Waals surface area (Å²) in [7, 11) is 0. The largest absolute Gasteiger partial charge is 0.416 e. The van der Waals surface area contributed by atoms with E-state index >= 15 is 0 Å². The molecule has 2 amide bonds. The van der Waals surface area contributed by atoms with Gasteiger partial charge >= 0.3 is 17.9 Å². The number of anilines is 1. The summed E-state index contributed by atoms with van der Waals surface area (Å²) >= 11 is 0. The van der Waals surface area contributed by atoms with Gasteiger partial charge in [0.25, 0.3) is 0 Å². The molecular weight excluding hydrogens is 351 g/mol. The summed E-state index contributed by atoms with van der Waals surface area (Å²) in [5.74, 6) is 0. The Hall–Kier alpha value is -3.56. The predicted octanol–water partition coefficient (Wildman–Crippen LogP) is 2.74. The van der Waals surface area contributed by atoms with Gasteiger partial charge in [-0.05, 0) is 23.8 Å². The molecule has 0 aliphatic heterocycles. The SMILES string of the molecule is NC(=O)Nc1cccc(-c2cccc(C(F)(F)F)c2)c1-n1cnc(=O)[nH]1. The van der Waals surface area contributed by atoms with Gasteiger partial charge in [0.2, 0.25) is 0 Å². The zero-order valence-corrected chi connectivity index (χ0v) is 13.0. The van der Waals surface area contributed by atoms with Crippen LogP contribution in [-0.4, -0.2) is 20.8 Å². The van der Waals surface area contributed by atoms with Crippen molar-refractivity contribution in [2.45, 2.75) is 6.18 Å². The van der Waals surface area contributed by atoms with Crippen molar-refractivity contribution in [2.75, 3.05) is 5.32 Å². The van der Waals surface area contributed by atoms with Crippen LogP contribution in [0.2, 0.25) is 0 Å². The van der Waals surface area contributed by atoms with Crippen molar-refractivity contribution < 1.29 is 18.0 Å². The van der Waals surface area contributed by atoms with Crippen LogP contribution in [0.4, 0.5) is 23.7 Å². The van der Waals surface area contributed by atoms with E-state index in [-0.39, 0.29) is 16.9 Å². The third kappa shape index (κ3) is 3.43. The number of nitrogens with two attached hydrogens (primary N) is 1. The van der Waals surface area contributed by atoms with Crippen LogP contribution < -0.4 is 16.7 Å². The molecule has 1 heterocycles. The van der Waals surface area contributed by atoms with Crippen LogP contribution in [-0.2, 0) is 6.18 Å². The fourth-order valence-electron chi connectivity index (χ4n) is 2.52. The molecule has 2 aromatic carbocycles. The lowest BCUT2D eigenvalue weighted by atomic mass is 10.00. The van der Waals surface area contributed by atoms with E-state index in [2.05, 4.69) is 15.4 Å². The van der Waals surface area contributed by atoms with Gasteiger partial charge in [-0.2, -0.15) is 18.2 Å². The van der Waals surface area contributed by atoms with Gasteiger partial charge in [-0.25, -0.2) is 19.4 Å². The second-order valence-electron chi connectivity index (χ2n) is 5.30. The number of carbonyl (C=O) groups is 1. The molecule has 0 fully saturated rings. The van der Waals surface area contributed by atoms with Crippen LogP contribution in [0.15, 0.2) is 53.6 Å². The molecule has 0 atom stereocenters. The van der Waals surface area contributed by atoms with Gasteiger partial charge in [-0.1, -0.05) is 24.3 Å². The van der Waals surface area contributed by atoms with Crippen LogP contribution >= 0.6 is 0 Å². The Morgan fingerprint density at radius 2 is 1.92 bits per heavy atom. The highest BCUT2D eigenvalue weighted by Crippen LogP contribution is 2.36. The maximum atomic E-state index is 13.0. The van der Waals surface area contributed by atoms with Crippen LogP contribution in [0.1, 0.15) is 5.56 Å². The van der Waals surface area contributed by atoms with E-state index in [1.54, 1.807) is 12.1 Å². The van der Waals surface area contributed by atoms with E-state index < -0.39 is 23.5 Å². The molecule has 134 valence electrons. The normalized spacial score (nSPS) is 11.3. The molecule has 4 N–H and O–H groups in total. The van der Waals surface area contributed by atoms with Crippen molar-refractivity contribution in [3.05, 3.63) is 64.8 Å². The minimum Gasteiger partial charge on any atom is -0.351 e. The van der Waals surface area contributed by atoms with Crippen molar-refractivity contribution in [1.82, 2.24) is 14.8 Å². The number of nitrogens with zero attached hydrogens (tertiary/aromatic N) is 2. The van der Waals surface area contributed by atoms with Crippen LogP contribution in [0.3, 0.4) is 0 Å². The molecule has 0 spiro atoms. The molecule has 1 aromatic heterocycles. The Kier molecular flexibility index (Phi) is 4.24. The second kappa shape index (κ2) is 6.39. The van der Waals surface area contributed by atoms with Crippen molar-refractivity contribution >= 4 is 11.7 Å². The van der Waals surface area contributed by atoms with Gasteiger partial charge in [0, 0.05) is 5.56 Å². The summed E-state index contributed by atoms with van der Waals surface area (Å²) in [6.45, 7) is 0. The van der Waals surface area contributed by atoms with E-state index in [9.17, 15) is 22.8 Å². The number of hydrogen-bond donors (Lipinski definition) is 3. The molecule has 3 aromatic rings. The quantitative estimate of drug-likeness (QED) is 0.666. The Morgan fingerprint density at radius 1 is 1.19 bits per heavy atom.